The predicted octanol–water partition coefficient (Wildman–Crippen LogP) is 6.47. The van der Waals surface area contributed by atoms with Crippen molar-refractivity contribution >= 4 is 35.4 Å². The van der Waals surface area contributed by atoms with E-state index in [9.17, 15) is 34.5 Å². The molecule has 0 atom stereocenters. The van der Waals surface area contributed by atoms with Gasteiger partial charge in [-0.2, -0.15) is 0 Å². The molecule has 0 saturated heterocycles. The number of carbonyl (C=O) groups excluding carboxylic acids is 1. The summed E-state index contributed by atoms with van der Waals surface area (Å²) in [4.78, 5) is 51.1. The minimum Gasteiger partial charge on any atom is -0.494 e. The molecule has 4 rings (SSSR count). The molecule has 11 heteroatoms. The molecule has 0 radical (unpaired) electrons. The molecule has 0 saturated carbocycles. The van der Waals surface area contributed by atoms with Gasteiger partial charge in [0.15, 0.2) is 0 Å². The lowest BCUT2D eigenvalue weighted by molar-refractivity contribution is 0.0643. The van der Waals surface area contributed by atoms with Gasteiger partial charge in [0.1, 0.15) is 17.2 Å². The minimum atomic E-state index is -1.64. The van der Waals surface area contributed by atoms with E-state index >= 15 is 0 Å². The summed E-state index contributed by atoms with van der Waals surface area (Å²) in [6, 6.07) is 22.1. The first kappa shape index (κ1) is 30.6. The van der Waals surface area contributed by atoms with E-state index in [1.165, 1.54) is 4.90 Å². The molecule has 0 aliphatic rings. The Morgan fingerprint density at radius 1 is 0.698 bits per heavy atom. The number of amides is 1. The fourth-order valence-corrected chi connectivity index (χ4v) is 4.51. The maximum atomic E-state index is 14.0. The molecule has 4 aromatic carbocycles. The molecule has 0 fully saturated rings. The molecule has 4 aromatic rings. The van der Waals surface area contributed by atoms with E-state index in [1.807, 2.05) is 6.92 Å². The largest absolute Gasteiger partial charge is 0.494 e. The van der Waals surface area contributed by atoms with Crippen LogP contribution in [0, 0.1) is 0 Å². The molecule has 0 aliphatic heterocycles. The van der Waals surface area contributed by atoms with Gasteiger partial charge in [-0.15, -0.1) is 0 Å². The first-order valence-corrected chi connectivity index (χ1v) is 13.4. The van der Waals surface area contributed by atoms with Crippen molar-refractivity contribution in [1.29, 1.82) is 0 Å². The third kappa shape index (κ3) is 7.49. The highest BCUT2D eigenvalue weighted by Gasteiger charge is 2.28. The average Bonchev–Trinajstić information content (AvgIpc) is 2.98. The highest BCUT2D eigenvalue weighted by atomic mass is 35.5. The zero-order chi connectivity index (χ0) is 31.1. The molecule has 0 aromatic heterocycles. The van der Waals surface area contributed by atoms with Crippen LogP contribution < -0.4 is 9.47 Å². The molecule has 3 N–H and O–H groups in total. The molecule has 43 heavy (non-hydrogen) atoms. The van der Waals surface area contributed by atoms with E-state index in [2.05, 4.69) is 0 Å². The number of nitrogens with zero attached hydrogens (tertiary/aromatic N) is 1. The highest BCUT2D eigenvalue weighted by Crippen LogP contribution is 2.28. The lowest BCUT2D eigenvalue weighted by atomic mass is 9.96. The minimum absolute atomic E-state index is 0.0422. The van der Waals surface area contributed by atoms with Crippen molar-refractivity contribution in [2.45, 2.75) is 20.0 Å². The van der Waals surface area contributed by atoms with Crippen LogP contribution >= 0.6 is 11.6 Å². The zero-order valence-corrected chi connectivity index (χ0v) is 23.6. The van der Waals surface area contributed by atoms with Crippen molar-refractivity contribution in [1.82, 2.24) is 4.90 Å². The number of hydrogen-bond donors (Lipinski definition) is 3. The van der Waals surface area contributed by atoms with E-state index in [1.54, 1.807) is 72.8 Å². The number of ether oxygens (including phenoxy) is 2. The van der Waals surface area contributed by atoms with Gasteiger partial charge in [-0.05, 0) is 67.1 Å². The summed E-state index contributed by atoms with van der Waals surface area (Å²) in [5, 5.41) is 29.6. The van der Waals surface area contributed by atoms with Crippen LogP contribution in [0.25, 0.3) is 0 Å². The molecule has 1 amide bonds. The second kappa shape index (κ2) is 13.5. The van der Waals surface area contributed by atoms with Crippen LogP contribution in [-0.4, -0.2) is 50.6 Å². The van der Waals surface area contributed by atoms with Crippen LogP contribution in [0.4, 0.5) is 0 Å². The van der Waals surface area contributed by atoms with Gasteiger partial charge in [0.25, 0.3) is 5.91 Å². The topological polar surface area (TPSA) is 151 Å². The van der Waals surface area contributed by atoms with Crippen LogP contribution in [0.5, 0.6) is 17.2 Å². The number of carbonyl (C=O) groups is 4. The lowest BCUT2D eigenvalue weighted by Gasteiger charge is -2.25. The fourth-order valence-electron chi connectivity index (χ4n) is 4.38. The Hall–Kier alpha value is -5.35. The number of halogens is 1. The molecule has 0 heterocycles. The van der Waals surface area contributed by atoms with Gasteiger partial charge in [-0.1, -0.05) is 41.9 Å². The average molecular weight is 604 g/mol. The van der Waals surface area contributed by atoms with E-state index in [0.29, 0.717) is 46.1 Å². The Morgan fingerprint density at radius 3 is 1.93 bits per heavy atom. The Morgan fingerprint density at radius 2 is 1.30 bits per heavy atom. The summed E-state index contributed by atoms with van der Waals surface area (Å²) in [6.07, 6.45) is 0. The van der Waals surface area contributed by atoms with Crippen molar-refractivity contribution in [2.24, 2.45) is 0 Å². The van der Waals surface area contributed by atoms with E-state index in [0.717, 1.165) is 6.07 Å². The maximum absolute atomic E-state index is 14.0. The van der Waals surface area contributed by atoms with Gasteiger partial charge >= 0.3 is 17.9 Å². The first-order chi connectivity index (χ1) is 20.6. The van der Waals surface area contributed by atoms with E-state index in [-0.39, 0.29) is 13.1 Å². The number of rotatable bonds is 12. The van der Waals surface area contributed by atoms with Crippen molar-refractivity contribution in [3.05, 3.63) is 123 Å². The summed E-state index contributed by atoms with van der Waals surface area (Å²) in [7, 11) is 0. The molecule has 220 valence electrons. The zero-order valence-electron chi connectivity index (χ0n) is 22.8. The Kier molecular flexibility index (Phi) is 9.64. The smallest absolute Gasteiger partial charge is 0.336 e. The molecular formula is C32H26ClNO9. The van der Waals surface area contributed by atoms with E-state index in [4.69, 9.17) is 21.1 Å². The molecule has 0 spiro atoms. The summed E-state index contributed by atoms with van der Waals surface area (Å²) in [5.74, 6) is -4.17. The third-order valence-corrected chi connectivity index (χ3v) is 6.57. The van der Waals surface area contributed by atoms with Crippen LogP contribution in [-0.2, 0) is 13.1 Å². The molecule has 0 bridgehead atoms. The molecular weight excluding hydrogens is 578 g/mol. The summed E-state index contributed by atoms with van der Waals surface area (Å²) < 4.78 is 11.6. The summed E-state index contributed by atoms with van der Waals surface area (Å²) >= 11 is 5.96. The van der Waals surface area contributed by atoms with Crippen molar-refractivity contribution < 1.29 is 44.0 Å². The highest BCUT2D eigenvalue weighted by molar-refractivity contribution is 6.30. The van der Waals surface area contributed by atoms with Crippen LogP contribution in [0.3, 0.4) is 0 Å². The SMILES string of the molecule is CCOc1ccccc1CN(Cc1cccc(Oc2ccc(Cl)cc2)c1)C(=O)c1cc(C(=O)O)c(C(=O)O)cc1C(=O)O. The number of carboxylic acid groups (broad SMARTS) is 3. The number of aromatic carboxylic acids is 3. The van der Waals surface area contributed by atoms with Crippen molar-refractivity contribution in [3.63, 3.8) is 0 Å². The maximum Gasteiger partial charge on any atom is 0.336 e. The monoisotopic (exact) mass is 603 g/mol. The molecule has 10 nitrogen and oxygen atoms in total. The molecule has 0 unspecified atom stereocenters. The van der Waals surface area contributed by atoms with E-state index < -0.39 is 46.1 Å². The second-order valence-electron chi connectivity index (χ2n) is 9.26. The molecule has 0 aliphatic carbocycles. The van der Waals surface area contributed by atoms with Gasteiger partial charge in [-0.25, -0.2) is 14.4 Å². The fraction of sp³-hybridized carbons (Fsp3) is 0.125. The van der Waals surface area contributed by atoms with Gasteiger partial charge in [-0.3, -0.25) is 4.79 Å². The van der Waals surface area contributed by atoms with Crippen molar-refractivity contribution in [2.75, 3.05) is 6.61 Å². The summed E-state index contributed by atoms with van der Waals surface area (Å²) in [6.45, 7) is 2.08. The number of benzene rings is 4. The van der Waals surface area contributed by atoms with Gasteiger partial charge in [0.2, 0.25) is 0 Å². The Labute approximate surface area is 251 Å². The van der Waals surface area contributed by atoms with Crippen LogP contribution in [0.2, 0.25) is 5.02 Å². The van der Waals surface area contributed by atoms with Crippen molar-refractivity contribution in [3.8, 4) is 17.2 Å². The predicted molar refractivity (Wildman–Crippen MR) is 156 cm³/mol. The Balaban J connectivity index is 1.78. The number of hydrogen-bond acceptors (Lipinski definition) is 6. The third-order valence-electron chi connectivity index (χ3n) is 6.32. The van der Waals surface area contributed by atoms with Gasteiger partial charge < -0.3 is 29.7 Å². The van der Waals surface area contributed by atoms with Gasteiger partial charge in [0.05, 0.1) is 28.9 Å². The van der Waals surface area contributed by atoms with Crippen LogP contribution in [0.1, 0.15) is 59.5 Å². The lowest BCUT2D eigenvalue weighted by Crippen LogP contribution is -2.32. The number of para-hydroxylation sites is 1. The first-order valence-electron chi connectivity index (χ1n) is 13.0. The quantitative estimate of drug-likeness (QED) is 0.165. The number of carboxylic acids is 3. The second-order valence-corrected chi connectivity index (χ2v) is 9.70. The Bertz CT molecular complexity index is 1690. The standard InChI is InChI=1S/C32H26ClNO9/c1-2-42-28-9-4-3-7-20(28)18-34(17-19-6-5-8-23(14-19)43-22-12-10-21(33)11-13-22)29(35)24-15-26(31(38)39)27(32(40)41)16-25(24)30(36)37/h3-16H,2,17-18H2,1H3,(H,36,37)(H,38,39)(H,40,41). The normalized spacial score (nSPS) is 10.6. The van der Waals surface area contributed by atoms with Crippen LogP contribution in [0.15, 0.2) is 84.9 Å². The summed E-state index contributed by atoms with van der Waals surface area (Å²) in [5.41, 5.74) is -1.35. The van der Waals surface area contributed by atoms with Gasteiger partial charge in [0, 0.05) is 23.7 Å².